The number of carbonyl (C=O) groups is 1. The summed E-state index contributed by atoms with van der Waals surface area (Å²) in [6, 6.07) is 12.0. The average molecular weight is 332 g/mol. The number of benzene rings is 2. The van der Waals surface area contributed by atoms with Crippen LogP contribution in [-0.2, 0) is 6.54 Å². The topological polar surface area (TPSA) is 96.3 Å². The Kier molecular flexibility index (Phi) is 6.07. The van der Waals surface area contributed by atoms with Gasteiger partial charge in [0.25, 0.3) is 5.69 Å². The van der Waals surface area contributed by atoms with Crippen LogP contribution in [0, 0.1) is 15.9 Å². The normalized spacial score (nSPS) is 10.0. The molecule has 0 heterocycles. The van der Waals surface area contributed by atoms with E-state index in [9.17, 15) is 19.3 Å². The van der Waals surface area contributed by atoms with Gasteiger partial charge in [0.05, 0.1) is 4.92 Å². The molecule has 0 aliphatic heterocycles. The van der Waals surface area contributed by atoms with E-state index in [1.54, 1.807) is 36.4 Å². The van der Waals surface area contributed by atoms with Gasteiger partial charge in [-0.15, -0.1) is 0 Å². The van der Waals surface area contributed by atoms with Crippen molar-refractivity contribution in [3.63, 3.8) is 0 Å². The number of halogens is 1. The van der Waals surface area contributed by atoms with Crippen molar-refractivity contribution in [2.45, 2.75) is 6.54 Å². The fourth-order valence-corrected chi connectivity index (χ4v) is 2.04. The van der Waals surface area contributed by atoms with Gasteiger partial charge >= 0.3 is 6.03 Å². The molecule has 0 atom stereocenters. The van der Waals surface area contributed by atoms with E-state index in [1.165, 1.54) is 12.1 Å². The van der Waals surface area contributed by atoms with E-state index in [0.29, 0.717) is 17.8 Å². The molecule has 8 heteroatoms. The number of para-hydroxylation sites is 2. The predicted octanol–water partition coefficient (Wildman–Crippen LogP) is 2.65. The molecule has 0 saturated heterocycles. The zero-order valence-corrected chi connectivity index (χ0v) is 12.8. The predicted molar refractivity (Wildman–Crippen MR) is 88.2 cm³/mol. The third-order valence-corrected chi connectivity index (χ3v) is 3.22. The molecule has 2 aromatic rings. The minimum Gasteiger partial charge on any atom is -0.378 e. The highest BCUT2D eigenvalue weighted by atomic mass is 19.1. The first-order valence-electron chi connectivity index (χ1n) is 7.30. The summed E-state index contributed by atoms with van der Waals surface area (Å²) >= 11 is 0. The van der Waals surface area contributed by atoms with Crippen LogP contribution in [0.25, 0.3) is 0 Å². The summed E-state index contributed by atoms with van der Waals surface area (Å²) in [7, 11) is 0. The van der Waals surface area contributed by atoms with Gasteiger partial charge in [0.15, 0.2) is 0 Å². The molecule has 0 aliphatic rings. The molecule has 126 valence electrons. The number of nitro groups is 1. The fourth-order valence-electron chi connectivity index (χ4n) is 2.04. The maximum Gasteiger partial charge on any atom is 0.315 e. The largest absolute Gasteiger partial charge is 0.378 e. The molecular formula is C16H17FN4O3. The second-order valence-electron chi connectivity index (χ2n) is 4.90. The number of rotatable bonds is 7. The lowest BCUT2D eigenvalue weighted by molar-refractivity contribution is -0.384. The Morgan fingerprint density at radius 2 is 1.75 bits per heavy atom. The monoisotopic (exact) mass is 332 g/mol. The number of nitro benzene ring substituents is 1. The Morgan fingerprint density at radius 3 is 2.50 bits per heavy atom. The summed E-state index contributed by atoms with van der Waals surface area (Å²) in [5, 5.41) is 18.9. The van der Waals surface area contributed by atoms with Crippen LogP contribution in [0.4, 0.5) is 20.6 Å². The summed E-state index contributed by atoms with van der Waals surface area (Å²) < 4.78 is 13.4. The number of nitrogens with zero attached hydrogens (tertiary/aromatic N) is 1. The summed E-state index contributed by atoms with van der Waals surface area (Å²) in [6.45, 7) is 0.656. The molecule has 0 spiro atoms. The van der Waals surface area contributed by atoms with Crippen molar-refractivity contribution >= 4 is 17.4 Å². The van der Waals surface area contributed by atoms with E-state index >= 15 is 0 Å². The molecule has 2 aromatic carbocycles. The highest BCUT2D eigenvalue weighted by Crippen LogP contribution is 2.22. The number of hydrogen-bond acceptors (Lipinski definition) is 4. The van der Waals surface area contributed by atoms with Crippen LogP contribution in [0.1, 0.15) is 5.56 Å². The highest BCUT2D eigenvalue weighted by Gasteiger charge is 2.11. The van der Waals surface area contributed by atoms with Gasteiger partial charge in [-0.3, -0.25) is 10.1 Å². The number of hydrogen-bond donors (Lipinski definition) is 3. The van der Waals surface area contributed by atoms with Crippen LogP contribution in [-0.4, -0.2) is 24.0 Å². The lowest BCUT2D eigenvalue weighted by Crippen LogP contribution is -2.37. The first-order valence-corrected chi connectivity index (χ1v) is 7.30. The van der Waals surface area contributed by atoms with Crippen molar-refractivity contribution in [3.8, 4) is 0 Å². The van der Waals surface area contributed by atoms with E-state index in [4.69, 9.17) is 0 Å². The molecule has 0 fully saturated rings. The summed E-state index contributed by atoms with van der Waals surface area (Å²) in [6.07, 6.45) is 0. The Labute approximate surface area is 138 Å². The second-order valence-corrected chi connectivity index (χ2v) is 4.90. The number of amides is 2. The number of urea groups is 1. The van der Waals surface area contributed by atoms with E-state index in [0.717, 1.165) is 0 Å². The zero-order valence-electron chi connectivity index (χ0n) is 12.8. The third kappa shape index (κ3) is 4.94. The Hall–Kier alpha value is -3.16. The van der Waals surface area contributed by atoms with Gasteiger partial charge in [0, 0.05) is 31.3 Å². The molecule has 0 aliphatic carbocycles. The second kappa shape index (κ2) is 8.47. The molecule has 7 nitrogen and oxygen atoms in total. The standard InChI is InChI=1S/C16H17FN4O3/c17-13-6-2-1-5-12(13)11-20-16(22)19-10-9-18-14-7-3-4-8-15(14)21(23)24/h1-8,18H,9-11H2,(H2,19,20,22). The van der Waals surface area contributed by atoms with Gasteiger partial charge in [0.2, 0.25) is 0 Å². The maximum absolute atomic E-state index is 13.4. The van der Waals surface area contributed by atoms with Crippen molar-refractivity contribution in [1.82, 2.24) is 10.6 Å². The zero-order chi connectivity index (χ0) is 17.4. The fraction of sp³-hybridized carbons (Fsp3) is 0.188. The van der Waals surface area contributed by atoms with E-state index in [2.05, 4.69) is 16.0 Å². The average Bonchev–Trinajstić information content (AvgIpc) is 2.58. The highest BCUT2D eigenvalue weighted by molar-refractivity contribution is 5.73. The molecule has 24 heavy (non-hydrogen) atoms. The maximum atomic E-state index is 13.4. The number of anilines is 1. The van der Waals surface area contributed by atoms with Gasteiger partial charge in [-0.05, 0) is 12.1 Å². The molecule has 0 radical (unpaired) electrons. The molecular weight excluding hydrogens is 315 g/mol. The number of carbonyl (C=O) groups excluding carboxylic acids is 1. The lowest BCUT2D eigenvalue weighted by Gasteiger charge is -2.10. The van der Waals surface area contributed by atoms with Crippen molar-refractivity contribution < 1.29 is 14.1 Å². The first kappa shape index (κ1) is 17.2. The van der Waals surface area contributed by atoms with Gasteiger partial charge in [-0.1, -0.05) is 30.3 Å². The Bertz CT molecular complexity index is 724. The quantitative estimate of drug-likeness (QED) is 0.412. The van der Waals surface area contributed by atoms with E-state index in [1.807, 2.05) is 0 Å². The summed E-state index contributed by atoms with van der Waals surface area (Å²) in [5.41, 5.74) is 0.753. The minimum atomic E-state index is -0.475. The Morgan fingerprint density at radius 1 is 1.04 bits per heavy atom. The third-order valence-electron chi connectivity index (χ3n) is 3.22. The summed E-state index contributed by atoms with van der Waals surface area (Å²) in [5.74, 6) is -0.379. The Balaban J connectivity index is 1.72. The van der Waals surface area contributed by atoms with Crippen LogP contribution in [0.3, 0.4) is 0 Å². The van der Waals surface area contributed by atoms with Crippen LogP contribution < -0.4 is 16.0 Å². The molecule has 3 N–H and O–H groups in total. The van der Waals surface area contributed by atoms with Gasteiger partial charge in [-0.2, -0.15) is 0 Å². The molecule has 2 amide bonds. The minimum absolute atomic E-state index is 0.0264. The van der Waals surface area contributed by atoms with Crippen molar-refractivity contribution in [3.05, 3.63) is 70.0 Å². The summed E-state index contributed by atoms with van der Waals surface area (Å²) in [4.78, 5) is 22.0. The molecule has 0 aromatic heterocycles. The van der Waals surface area contributed by atoms with E-state index in [-0.39, 0.29) is 24.6 Å². The number of nitrogens with one attached hydrogen (secondary N) is 3. The molecule has 0 bridgehead atoms. The SMILES string of the molecule is O=C(NCCNc1ccccc1[N+](=O)[O-])NCc1ccccc1F. The smallest absolute Gasteiger partial charge is 0.315 e. The van der Waals surface area contributed by atoms with Gasteiger partial charge in [-0.25, -0.2) is 9.18 Å². The van der Waals surface area contributed by atoms with Crippen LogP contribution in [0.5, 0.6) is 0 Å². The first-order chi connectivity index (χ1) is 11.6. The molecule has 0 unspecified atom stereocenters. The van der Waals surface area contributed by atoms with E-state index < -0.39 is 11.0 Å². The van der Waals surface area contributed by atoms with Crippen LogP contribution in [0.2, 0.25) is 0 Å². The molecule has 2 rings (SSSR count). The lowest BCUT2D eigenvalue weighted by atomic mass is 10.2. The van der Waals surface area contributed by atoms with Crippen LogP contribution >= 0.6 is 0 Å². The van der Waals surface area contributed by atoms with Crippen molar-refractivity contribution in [1.29, 1.82) is 0 Å². The van der Waals surface area contributed by atoms with Crippen LogP contribution in [0.15, 0.2) is 48.5 Å². The van der Waals surface area contributed by atoms with Crippen molar-refractivity contribution in [2.75, 3.05) is 18.4 Å². The van der Waals surface area contributed by atoms with Gasteiger partial charge < -0.3 is 16.0 Å². The van der Waals surface area contributed by atoms with Crippen molar-refractivity contribution in [2.24, 2.45) is 0 Å². The molecule has 0 saturated carbocycles. The van der Waals surface area contributed by atoms with Gasteiger partial charge in [0.1, 0.15) is 11.5 Å².